The Morgan fingerprint density at radius 3 is 2.45 bits per heavy atom. The lowest BCUT2D eigenvalue weighted by Gasteiger charge is -2.11. The molecule has 0 saturated heterocycles. The van der Waals surface area contributed by atoms with Gasteiger partial charge in [-0.1, -0.05) is 42.1 Å². The van der Waals surface area contributed by atoms with Crippen molar-refractivity contribution in [3.63, 3.8) is 0 Å². The van der Waals surface area contributed by atoms with Crippen molar-refractivity contribution in [2.24, 2.45) is 0 Å². The number of hydrogen-bond acceptors (Lipinski definition) is 7. The highest BCUT2D eigenvalue weighted by Crippen LogP contribution is 2.20. The summed E-state index contributed by atoms with van der Waals surface area (Å²) in [5.41, 5.74) is 12.2. The number of rotatable bonds is 6. The minimum atomic E-state index is -0.350. The second-order valence-corrected chi connectivity index (χ2v) is 5.93. The van der Waals surface area contributed by atoms with Gasteiger partial charge in [-0.05, 0) is 18.9 Å². The number of nitrogens with two attached hydrogens (primary N) is 2. The van der Waals surface area contributed by atoms with Crippen LogP contribution in [0.25, 0.3) is 0 Å². The summed E-state index contributed by atoms with van der Waals surface area (Å²) < 4.78 is 0. The predicted molar refractivity (Wildman–Crippen MR) is 87.1 cm³/mol. The van der Waals surface area contributed by atoms with E-state index in [9.17, 15) is 4.79 Å². The summed E-state index contributed by atoms with van der Waals surface area (Å²) in [6.07, 6.45) is 0.787. The molecule has 1 heterocycles. The summed E-state index contributed by atoms with van der Waals surface area (Å²) in [7, 11) is 0. The van der Waals surface area contributed by atoms with Gasteiger partial charge in [-0.2, -0.15) is 15.0 Å². The average Bonchev–Trinajstić information content (AvgIpc) is 2.47. The van der Waals surface area contributed by atoms with E-state index in [1.807, 2.05) is 30.3 Å². The normalized spacial score (nSPS) is 11.9. The van der Waals surface area contributed by atoms with Gasteiger partial charge in [0.1, 0.15) is 0 Å². The van der Waals surface area contributed by atoms with Crippen LogP contribution in [0.3, 0.4) is 0 Å². The van der Waals surface area contributed by atoms with Gasteiger partial charge in [0, 0.05) is 6.54 Å². The van der Waals surface area contributed by atoms with E-state index >= 15 is 0 Å². The van der Waals surface area contributed by atoms with E-state index in [2.05, 4.69) is 20.3 Å². The van der Waals surface area contributed by atoms with E-state index in [0.29, 0.717) is 11.7 Å². The van der Waals surface area contributed by atoms with Gasteiger partial charge in [-0.3, -0.25) is 4.79 Å². The maximum Gasteiger partial charge on any atom is 0.233 e. The number of carbonyl (C=O) groups is 1. The maximum absolute atomic E-state index is 12.0. The van der Waals surface area contributed by atoms with Crippen molar-refractivity contribution in [1.82, 2.24) is 20.3 Å². The Bertz CT molecular complexity index is 616. The highest BCUT2D eigenvalue weighted by molar-refractivity contribution is 8.00. The highest BCUT2D eigenvalue weighted by Gasteiger charge is 2.16. The summed E-state index contributed by atoms with van der Waals surface area (Å²) in [6.45, 7) is 2.36. The molecular weight excluding hydrogens is 300 g/mol. The molecule has 2 aromatic rings. The van der Waals surface area contributed by atoms with Crippen molar-refractivity contribution in [3.05, 3.63) is 35.9 Å². The van der Waals surface area contributed by atoms with Crippen molar-refractivity contribution < 1.29 is 4.79 Å². The number of benzene rings is 1. The Morgan fingerprint density at radius 2 is 1.82 bits per heavy atom. The molecule has 0 radical (unpaired) electrons. The number of nitrogen functional groups attached to an aromatic ring is 2. The van der Waals surface area contributed by atoms with Crippen LogP contribution < -0.4 is 16.8 Å². The van der Waals surface area contributed by atoms with E-state index in [-0.39, 0.29) is 23.1 Å². The molecule has 0 unspecified atom stereocenters. The number of carbonyl (C=O) groups excluding carboxylic acids is 1. The summed E-state index contributed by atoms with van der Waals surface area (Å²) in [5, 5.41) is 2.88. The first-order valence-corrected chi connectivity index (χ1v) is 7.68. The van der Waals surface area contributed by atoms with E-state index in [4.69, 9.17) is 11.5 Å². The third-order valence-corrected chi connectivity index (χ3v) is 3.82. The Kier molecular flexibility index (Phi) is 5.54. The smallest absolute Gasteiger partial charge is 0.233 e. The van der Waals surface area contributed by atoms with Crippen LogP contribution in [-0.2, 0) is 11.2 Å². The molecule has 0 fully saturated rings. The van der Waals surface area contributed by atoms with Crippen molar-refractivity contribution in [2.45, 2.75) is 23.8 Å². The van der Waals surface area contributed by atoms with E-state index in [1.54, 1.807) is 6.92 Å². The van der Waals surface area contributed by atoms with Crippen LogP contribution in [0.2, 0.25) is 0 Å². The van der Waals surface area contributed by atoms with Crippen LogP contribution in [0, 0.1) is 0 Å². The van der Waals surface area contributed by atoms with Crippen molar-refractivity contribution >= 4 is 29.6 Å². The fourth-order valence-electron chi connectivity index (χ4n) is 1.77. The third kappa shape index (κ3) is 4.88. The van der Waals surface area contributed by atoms with Gasteiger partial charge in [0.2, 0.25) is 17.8 Å². The number of aromatic nitrogens is 3. The Balaban J connectivity index is 1.81. The molecule has 8 heteroatoms. The quantitative estimate of drug-likeness (QED) is 0.676. The van der Waals surface area contributed by atoms with Crippen molar-refractivity contribution in [3.8, 4) is 0 Å². The Hall–Kier alpha value is -2.35. The molecular formula is C14H18N6OS. The first-order valence-electron chi connectivity index (χ1n) is 6.80. The second-order valence-electron chi connectivity index (χ2n) is 4.62. The first-order chi connectivity index (χ1) is 10.5. The Labute approximate surface area is 132 Å². The zero-order valence-electron chi connectivity index (χ0n) is 12.2. The molecule has 1 aromatic carbocycles. The molecule has 5 N–H and O–H groups in total. The fraction of sp³-hybridized carbons (Fsp3) is 0.286. The van der Waals surface area contributed by atoms with E-state index in [0.717, 1.165) is 6.42 Å². The molecule has 1 atom stereocenters. The highest BCUT2D eigenvalue weighted by atomic mass is 32.2. The van der Waals surface area contributed by atoms with Crippen LogP contribution in [0.4, 0.5) is 11.9 Å². The van der Waals surface area contributed by atoms with E-state index in [1.165, 1.54) is 17.3 Å². The van der Waals surface area contributed by atoms with Crippen molar-refractivity contribution in [1.29, 1.82) is 0 Å². The summed E-state index contributed by atoms with van der Waals surface area (Å²) in [6, 6.07) is 9.98. The number of nitrogens with one attached hydrogen (secondary N) is 1. The van der Waals surface area contributed by atoms with Crippen LogP contribution in [0.15, 0.2) is 35.5 Å². The van der Waals surface area contributed by atoms with Crippen LogP contribution in [-0.4, -0.2) is 32.7 Å². The van der Waals surface area contributed by atoms with E-state index < -0.39 is 0 Å². The zero-order valence-corrected chi connectivity index (χ0v) is 13.0. The van der Waals surface area contributed by atoms with Crippen LogP contribution in [0.5, 0.6) is 0 Å². The number of anilines is 2. The molecule has 0 saturated carbocycles. The topological polar surface area (TPSA) is 120 Å². The number of nitrogens with zero attached hydrogens (tertiary/aromatic N) is 3. The lowest BCUT2D eigenvalue weighted by atomic mass is 10.1. The molecule has 1 aromatic heterocycles. The molecule has 0 bridgehead atoms. The zero-order chi connectivity index (χ0) is 15.9. The van der Waals surface area contributed by atoms with Gasteiger partial charge in [-0.15, -0.1) is 0 Å². The minimum absolute atomic E-state index is 0.0479. The SMILES string of the molecule is C[C@@H](Sc1nc(N)nc(N)n1)C(=O)NCCc1ccccc1. The van der Waals surface area contributed by atoms with Gasteiger partial charge < -0.3 is 16.8 Å². The number of thioether (sulfide) groups is 1. The first kappa shape index (κ1) is 16.0. The molecule has 2 rings (SSSR count). The molecule has 0 spiro atoms. The molecule has 0 aliphatic carbocycles. The van der Waals surface area contributed by atoms with Crippen LogP contribution >= 0.6 is 11.8 Å². The van der Waals surface area contributed by atoms with Gasteiger partial charge in [0.25, 0.3) is 0 Å². The summed E-state index contributed by atoms with van der Waals surface area (Å²) >= 11 is 1.19. The monoisotopic (exact) mass is 318 g/mol. The second kappa shape index (κ2) is 7.60. The largest absolute Gasteiger partial charge is 0.368 e. The lowest BCUT2D eigenvalue weighted by molar-refractivity contribution is -0.120. The fourth-order valence-corrected chi connectivity index (χ4v) is 2.57. The van der Waals surface area contributed by atoms with Gasteiger partial charge in [-0.25, -0.2) is 0 Å². The number of hydrogen-bond donors (Lipinski definition) is 3. The molecule has 0 aliphatic heterocycles. The van der Waals surface area contributed by atoms with Gasteiger partial charge in [0.05, 0.1) is 5.25 Å². The minimum Gasteiger partial charge on any atom is -0.368 e. The molecule has 116 valence electrons. The molecule has 22 heavy (non-hydrogen) atoms. The predicted octanol–water partition coefficient (Wildman–Crippen LogP) is 0.875. The van der Waals surface area contributed by atoms with Gasteiger partial charge in [0.15, 0.2) is 5.16 Å². The van der Waals surface area contributed by atoms with Gasteiger partial charge >= 0.3 is 0 Å². The summed E-state index contributed by atoms with van der Waals surface area (Å²) in [4.78, 5) is 23.6. The summed E-state index contributed by atoms with van der Waals surface area (Å²) in [5.74, 6) is 0.0110. The maximum atomic E-state index is 12.0. The third-order valence-electron chi connectivity index (χ3n) is 2.86. The number of amides is 1. The standard InChI is InChI=1S/C14H18N6OS/c1-9(22-14-19-12(15)18-13(16)20-14)11(21)17-8-7-10-5-3-2-4-6-10/h2-6,9H,7-8H2,1H3,(H,17,21)(H4,15,16,18,19,20)/t9-/m1/s1. The lowest BCUT2D eigenvalue weighted by Crippen LogP contribution is -2.32. The van der Waals surface area contributed by atoms with Crippen molar-refractivity contribution in [2.75, 3.05) is 18.0 Å². The molecule has 1 amide bonds. The Morgan fingerprint density at radius 1 is 1.18 bits per heavy atom. The van der Waals surface area contributed by atoms with Crippen LogP contribution in [0.1, 0.15) is 12.5 Å². The molecule has 0 aliphatic rings. The molecule has 7 nitrogen and oxygen atoms in total. The average molecular weight is 318 g/mol.